The summed E-state index contributed by atoms with van der Waals surface area (Å²) in [4.78, 5) is 18.1. The minimum atomic E-state index is -0.116. The van der Waals surface area contributed by atoms with Crippen LogP contribution in [0.1, 0.15) is 32.6 Å². The number of nitrogens with one attached hydrogen (secondary N) is 1. The van der Waals surface area contributed by atoms with Crippen molar-refractivity contribution in [2.24, 2.45) is 5.92 Å². The zero-order chi connectivity index (χ0) is 19.6. The summed E-state index contributed by atoms with van der Waals surface area (Å²) in [6.45, 7) is 7.13. The van der Waals surface area contributed by atoms with Gasteiger partial charge in [-0.3, -0.25) is 9.36 Å². The van der Waals surface area contributed by atoms with Gasteiger partial charge in [-0.15, -0.1) is 0 Å². The summed E-state index contributed by atoms with van der Waals surface area (Å²) in [6.07, 6.45) is 0. The van der Waals surface area contributed by atoms with E-state index in [1.165, 1.54) is 0 Å². The molecule has 3 aromatic rings. The average Bonchev–Trinajstić information content (AvgIpc) is 2.65. The Balaban J connectivity index is 2.21. The Labute approximate surface area is 164 Å². The van der Waals surface area contributed by atoms with E-state index in [4.69, 9.17) is 21.3 Å². The van der Waals surface area contributed by atoms with Gasteiger partial charge in [0, 0.05) is 5.02 Å². The molecule has 1 aromatic heterocycles. The van der Waals surface area contributed by atoms with Gasteiger partial charge in [-0.2, -0.15) is 0 Å². The average molecular weight is 386 g/mol. The van der Waals surface area contributed by atoms with Crippen LogP contribution in [-0.2, 0) is 0 Å². The number of fused-ring (bicyclic) bond motifs is 1. The van der Waals surface area contributed by atoms with Crippen LogP contribution in [0.3, 0.4) is 0 Å². The smallest absolute Gasteiger partial charge is 0.266 e. The summed E-state index contributed by atoms with van der Waals surface area (Å²) in [5.41, 5.74) is 1.24. The molecule has 3 rings (SSSR count). The third-order valence-electron chi connectivity index (χ3n) is 4.41. The first-order valence-electron chi connectivity index (χ1n) is 9.00. The quantitative estimate of drug-likeness (QED) is 0.685. The molecule has 1 N–H and O–H groups in total. The van der Waals surface area contributed by atoms with Crippen molar-refractivity contribution < 1.29 is 4.74 Å². The van der Waals surface area contributed by atoms with E-state index in [0.717, 1.165) is 18.0 Å². The predicted molar refractivity (Wildman–Crippen MR) is 110 cm³/mol. The number of hydrogen-bond donors (Lipinski definition) is 1. The first-order chi connectivity index (χ1) is 12.9. The molecule has 142 valence electrons. The van der Waals surface area contributed by atoms with E-state index >= 15 is 0 Å². The molecule has 0 aliphatic carbocycles. The molecule has 0 fully saturated rings. The van der Waals surface area contributed by atoms with E-state index in [1.807, 2.05) is 31.2 Å². The van der Waals surface area contributed by atoms with E-state index in [-0.39, 0.29) is 11.6 Å². The zero-order valence-electron chi connectivity index (χ0n) is 16.0. The first-order valence-corrected chi connectivity index (χ1v) is 9.38. The molecule has 5 nitrogen and oxygen atoms in total. The van der Waals surface area contributed by atoms with Crippen molar-refractivity contribution in [1.82, 2.24) is 14.9 Å². The van der Waals surface area contributed by atoms with Crippen molar-refractivity contribution in [3.05, 3.63) is 63.7 Å². The highest BCUT2D eigenvalue weighted by atomic mass is 35.5. The van der Waals surface area contributed by atoms with Crippen molar-refractivity contribution in [2.45, 2.75) is 26.8 Å². The van der Waals surface area contributed by atoms with Gasteiger partial charge in [-0.1, -0.05) is 25.4 Å². The number of ether oxygens (including phenoxy) is 1. The second kappa shape index (κ2) is 8.11. The zero-order valence-corrected chi connectivity index (χ0v) is 16.7. The molecule has 0 radical (unpaired) electrons. The first kappa shape index (κ1) is 19.4. The Morgan fingerprint density at radius 3 is 2.48 bits per heavy atom. The highest BCUT2D eigenvalue weighted by molar-refractivity contribution is 6.31. The topological polar surface area (TPSA) is 56.1 Å². The second-order valence-electron chi connectivity index (χ2n) is 6.99. The lowest BCUT2D eigenvalue weighted by molar-refractivity contribution is 0.414. The normalized spacial score (nSPS) is 12.5. The van der Waals surface area contributed by atoms with Gasteiger partial charge < -0.3 is 10.1 Å². The minimum absolute atomic E-state index is 0.106. The van der Waals surface area contributed by atoms with E-state index in [9.17, 15) is 4.79 Å². The van der Waals surface area contributed by atoms with Gasteiger partial charge in [0.1, 0.15) is 11.6 Å². The Morgan fingerprint density at radius 1 is 1.15 bits per heavy atom. The molecule has 1 heterocycles. The maximum Gasteiger partial charge on any atom is 0.266 e. The van der Waals surface area contributed by atoms with E-state index in [0.29, 0.717) is 27.7 Å². The number of benzene rings is 2. The van der Waals surface area contributed by atoms with Gasteiger partial charge in [-0.05, 0) is 61.9 Å². The Morgan fingerprint density at radius 2 is 1.85 bits per heavy atom. The number of nitrogens with zero attached hydrogens (tertiary/aromatic N) is 2. The van der Waals surface area contributed by atoms with Crippen LogP contribution in [0.5, 0.6) is 5.75 Å². The van der Waals surface area contributed by atoms with Gasteiger partial charge in [0.2, 0.25) is 0 Å². The fraction of sp³-hybridized carbons (Fsp3) is 0.333. The minimum Gasteiger partial charge on any atom is -0.497 e. The Bertz CT molecular complexity index is 997. The molecule has 0 spiro atoms. The lowest BCUT2D eigenvalue weighted by Gasteiger charge is -2.20. The third kappa shape index (κ3) is 4.15. The number of rotatable bonds is 6. The Kier molecular flexibility index (Phi) is 5.82. The molecule has 27 heavy (non-hydrogen) atoms. The van der Waals surface area contributed by atoms with Crippen LogP contribution in [0, 0.1) is 5.92 Å². The van der Waals surface area contributed by atoms with Gasteiger partial charge in [0.05, 0.1) is 29.7 Å². The van der Waals surface area contributed by atoms with Crippen molar-refractivity contribution >= 4 is 22.5 Å². The van der Waals surface area contributed by atoms with E-state index in [2.05, 4.69) is 19.2 Å². The summed E-state index contributed by atoms with van der Waals surface area (Å²) in [6, 6.07) is 12.5. The molecule has 6 heteroatoms. The summed E-state index contributed by atoms with van der Waals surface area (Å²) >= 11 is 6.12. The highest BCUT2D eigenvalue weighted by Crippen LogP contribution is 2.22. The predicted octanol–water partition coefficient (Wildman–Crippen LogP) is 4.35. The number of aromatic nitrogens is 2. The number of halogens is 1. The van der Waals surface area contributed by atoms with Crippen molar-refractivity contribution in [3.63, 3.8) is 0 Å². The van der Waals surface area contributed by atoms with Crippen LogP contribution >= 0.6 is 11.6 Å². The van der Waals surface area contributed by atoms with Crippen LogP contribution in [0.2, 0.25) is 5.02 Å². The molecule has 1 atom stereocenters. The molecule has 0 saturated carbocycles. The SMILES string of the molecule is COc1ccc(-n2c([C@@H](C)NCC(C)C)nc3cc(Cl)ccc3c2=O)cc1. The summed E-state index contributed by atoms with van der Waals surface area (Å²) < 4.78 is 6.89. The molecule has 0 aliphatic heterocycles. The van der Waals surface area contributed by atoms with Crippen molar-refractivity contribution in [3.8, 4) is 11.4 Å². The third-order valence-corrected chi connectivity index (χ3v) is 4.64. The molecule has 0 amide bonds. The van der Waals surface area contributed by atoms with Crippen LogP contribution in [0.25, 0.3) is 16.6 Å². The van der Waals surface area contributed by atoms with Crippen molar-refractivity contribution in [2.75, 3.05) is 13.7 Å². The van der Waals surface area contributed by atoms with Crippen LogP contribution < -0.4 is 15.6 Å². The Hall–Kier alpha value is -2.37. The fourth-order valence-corrected chi connectivity index (χ4v) is 3.12. The number of hydrogen-bond acceptors (Lipinski definition) is 4. The van der Waals surface area contributed by atoms with Gasteiger partial charge in [-0.25, -0.2) is 4.98 Å². The van der Waals surface area contributed by atoms with Gasteiger partial charge in [0.25, 0.3) is 5.56 Å². The largest absolute Gasteiger partial charge is 0.497 e. The maximum absolute atomic E-state index is 13.3. The van der Waals surface area contributed by atoms with E-state index in [1.54, 1.807) is 29.9 Å². The monoisotopic (exact) mass is 385 g/mol. The summed E-state index contributed by atoms with van der Waals surface area (Å²) in [7, 11) is 1.62. The van der Waals surface area contributed by atoms with Gasteiger partial charge >= 0.3 is 0 Å². The maximum atomic E-state index is 13.3. The second-order valence-corrected chi connectivity index (χ2v) is 7.43. The number of methoxy groups -OCH3 is 1. The van der Waals surface area contributed by atoms with Crippen LogP contribution in [0.4, 0.5) is 0 Å². The summed E-state index contributed by atoms with van der Waals surface area (Å²) in [5, 5.41) is 4.56. The molecule has 0 bridgehead atoms. The van der Waals surface area contributed by atoms with Crippen molar-refractivity contribution in [1.29, 1.82) is 0 Å². The lowest BCUT2D eigenvalue weighted by Crippen LogP contribution is -2.31. The molecular formula is C21H24ClN3O2. The standard InChI is InChI=1S/C21H24ClN3O2/c1-13(2)12-23-14(3)20-24-19-11-15(22)5-10-18(19)21(26)25(20)16-6-8-17(27-4)9-7-16/h5-11,13-14,23H,12H2,1-4H3/t14-/m1/s1. The van der Waals surface area contributed by atoms with Crippen LogP contribution in [-0.4, -0.2) is 23.2 Å². The van der Waals surface area contributed by atoms with Gasteiger partial charge in [0.15, 0.2) is 0 Å². The van der Waals surface area contributed by atoms with E-state index < -0.39 is 0 Å². The highest BCUT2D eigenvalue weighted by Gasteiger charge is 2.18. The molecule has 0 saturated heterocycles. The molecule has 0 unspecified atom stereocenters. The summed E-state index contributed by atoms with van der Waals surface area (Å²) in [5.74, 6) is 1.88. The fourth-order valence-electron chi connectivity index (χ4n) is 2.95. The molecule has 0 aliphatic rings. The lowest BCUT2D eigenvalue weighted by atomic mass is 10.1. The molecule has 2 aromatic carbocycles. The molecular weight excluding hydrogens is 362 g/mol. The van der Waals surface area contributed by atoms with Crippen LogP contribution in [0.15, 0.2) is 47.3 Å².